The quantitative estimate of drug-likeness (QED) is 0.555. The third-order valence-corrected chi connectivity index (χ3v) is 4.23. The fraction of sp³-hybridized carbons (Fsp3) is 0.118. The molecule has 2 aromatic carbocycles. The summed E-state index contributed by atoms with van der Waals surface area (Å²) in [6.45, 7) is 1.85. The number of aromatic hydroxyl groups is 1. The minimum absolute atomic E-state index is 0.0277. The van der Waals surface area contributed by atoms with Gasteiger partial charge >= 0.3 is 0 Å². The van der Waals surface area contributed by atoms with Crippen molar-refractivity contribution in [1.82, 2.24) is 0 Å². The molecule has 0 spiro atoms. The number of hydrogen-bond acceptors (Lipinski definition) is 4. The molecular formula is C17H15NO3S. The molecule has 1 aromatic heterocycles. The van der Waals surface area contributed by atoms with E-state index in [9.17, 15) is 9.90 Å². The summed E-state index contributed by atoms with van der Waals surface area (Å²) in [6, 6.07) is 12.6. The summed E-state index contributed by atoms with van der Waals surface area (Å²) in [4.78, 5) is 13.4. The standard InChI is InChI=1S/C17H15NO3S/c1-10-12-5-3-4-6-15(12)21-16(10)17(20)18-13-9-11(22-2)7-8-14(13)19/h3-9,19H,1-2H3,(H,18,20). The molecule has 3 aromatic rings. The maximum atomic E-state index is 12.4. The first kappa shape index (κ1) is 14.5. The number of benzene rings is 2. The second-order valence-corrected chi connectivity index (χ2v) is 5.77. The maximum absolute atomic E-state index is 12.4. The molecule has 3 rings (SSSR count). The predicted molar refractivity (Wildman–Crippen MR) is 88.8 cm³/mol. The van der Waals surface area contributed by atoms with Crippen LogP contribution in [-0.4, -0.2) is 17.3 Å². The van der Waals surface area contributed by atoms with Crippen LogP contribution in [-0.2, 0) is 0 Å². The van der Waals surface area contributed by atoms with Crippen LogP contribution in [0.1, 0.15) is 16.1 Å². The van der Waals surface area contributed by atoms with Crippen LogP contribution in [0.4, 0.5) is 5.69 Å². The van der Waals surface area contributed by atoms with Crippen LogP contribution in [0.2, 0.25) is 0 Å². The van der Waals surface area contributed by atoms with Crippen LogP contribution >= 0.6 is 11.8 Å². The fourth-order valence-corrected chi connectivity index (χ4v) is 2.75. The molecule has 22 heavy (non-hydrogen) atoms. The van der Waals surface area contributed by atoms with E-state index in [1.807, 2.05) is 37.4 Å². The number of fused-ring (bicyclic) bond motifs is 1. The molecule has 0 radical (unpaired) electrons. The zero-order chi connectivity index (χ0) is 15.7. The fourth-order valence-electron chi connectivity index (χ4n) is 2.31. The first-order valence-electron chi connectivity index (χ1n) is 6.76. The Morgan fingerprint density at radius 1 is 1.23 bits per heavy atom. The SMILES string of the molecule is CSc1ccc(O)c(NC(=O)c2oc3ccccc3c2C)c1. The van der Waals surface area contributed by atoms with E-state index in [2.05, 4.69) is 5.32 Å². The van der Waals surface area contributed by atoms with E-state index in [4.69, 9.17) is 4.42 Å². The van der Waals surface area contributed by atoms with Crippen LogP contribution in [0.5, 0.6) is 5.75 Å². The molecule has 0 atom stereocenters. The lowest BCUT2D eigenvalue weighted by atomic mass is 10.1. The van der Waals surface area contributed by atoms with Gasteiger partial charge in [0.2, 0.25) is 0 Å². The Kier molecular flexibility index (Phi) is 3.81. The molecule has 0 aliphatic carbocycles. The van der Waals surface area contributed by atoms with Crippen molar-refractivity contribution in [2.24, 2.45) is 0 Å². The number of rotatable bonds is 3. The van der Waals surface area contributed by atoms with Crippen molar-refractivity contribution in [3.8, 4) is 5.75 Å². The van der Waals surface area contributed by atoms with Crippen LogP contribution in [0.15, 0.2) is 51.8 Å². The summed E-state index contributed by atoms with van der Waals surface area (Å²) in [5, 5.41) is 13.5. The average Bonchev–Trinajstić information content (AvgIpc) is 2.87. The summed E-state index contributed by atoms with van der Waals surface area (Å²) in [5.41, 5.74) is 1.83. The highest BCUT2D eigenvalue weighted by Crippen LogP contribution is 2.30. The van der Waals surface area contributed by atoms with Crippen molar-refractivity contribution >= 4 is 34.3 Å². The minimum atomic E-state index is -0.373. The Morgan fingerprint density at radius 2 is 2.00 bits per heavy atom. The molecule has 0 saturated carbocycles. The Morgan fingerprint density at radius 3 is 2.73 bits per heavy atom. The number of amides is 1. The van der Waals surface area contributed by atoms with Gasteiger partial charge in [0, 0.05) is 15.8 Å². The summed E-state index contributed by atoms with van der Waals surface area (Å²) < 4.78 is 5.63. The van der Waals surface area contributed by atoms with Gasteiger partial charge in [0.15, 0.2) is 5.76 Å². The molecule has 2 N–H and O–H groups in total. The third kappa shape index (κ3) is 2.55. The number of furan rings is 1. The van der Waals surface area contributed by atoms with Gasteiger partial charge in [0.1, 0.15) is 11.3 Å². The third-order valence-electron chi connectivity index (χ3n) is 3.50. The second kappa shape index (κ2) is 5.77. The van der Waals surface area contributed by atoms with Crippen molar-refractivity contribution in [1.29, 1.82) is 0 Å². The average molecular weight is 313 g/mol. The zero-order valence-corrected chi connectivity index (χ0v) is 13.0. The normalized spacial score (nSPS) is 10.8. The summed E-state index contributed by atoms with van der Waals surface area (Å²) in [6.07, 6.45) is 1.93. The van der Waals surface area contributed by atoms with Crippen LogP contribution in [0, 0.1) is 6.92 Å². The van der Waals surface area contributed by atoms with Crippen LogP contribution < -0.4 is 5.32 Å². The van der Waals surface area contributed by atoms with E-state index < -0.39 is 0 Å². The Hall–Kier alpha value is -2.40. The topological polar surface area (TPSA) is 62.5 Å². The highest BCUT2D eigenvalue weighted by atomic mass is 32.2. The number of thioether (sulfide) groups is 1. The van der Waals surface area contributed by atoms with E-state index in [-0.39, 0.29) is 17.4 Å². The van der Waals surface area contributed by atoms with E-state index in [0.717, 1.165) is 15.8 Å². The van der Waals surface area contributed by atoms with E-state index in [0.29, 0.717) is 11.3 Å². The molecule has 5 heteroatoms. The number of phenolic OH excluding ortho intramolecular Hbond substituents is 1. The highest BCUT2D eigenvalue weighted by molar-refractivity contribution is 7.98. The van der Waals surface area contributed by atoms with Crippen LogP contribution in [0.25, 0.3) is 11.0 Å². The lowest BCUT2D eigenvalue weighted by Crippen LogP contribution is -2.12. The van der Waals surface area contributed by atoms with Gasteiger partial charge in [-0.3, -0.25) is 4.79 Å². The van der Waals surface area contributed by atoms with E-state index in [1.54, 1.807) is 18.2 Å². The van der Waals surface area contributed by atoms with Gasteiger partial charge in [-0.25, -0.2) is 0 Å². The molecule has 0 aliphatic heterocycles. The number of phenols is 1. The number of para-hydroxylation sites is 1. The number of carbonyl (C=O) groups excluding carboxylic acids is 1. The molecule has 0 fully saturated rings. The number of aryl methyl sites for hydroxylation is 1. The molecule has 0 bridgehead atoms. The first-order valence-corrected chi connectivity index (χ1v) is 7.99. The second-order valence-electron chi connectivity index (χ2n) is 4.89. The molecule has 0 unspecified atom stereocenters. The van der Waals surface area contributed by atoms with Crippen molar-refractivity contribution < 1.29 is 14.3 Å². The minimum Gasteiger partial charge on any atom is -0.506 e. The predicted octanol–water partition coefficient (Wildman–Crippen LogP) is 4.42. The Bertz CT molecular complexity index is 854. The van der Waals surface area contributed by atoms with Gasteiger partial charge in [0.05, 0.1) is 5.69 Å². The Balaban J connectivity index is 1.95. The smallest absolute Gasteiger partial charge is 0.291 e. The van der Waals surface area contributed by atoms with Crippen molar-refractivity contribution in [3.63, 3.8) is 0 Å². The molecular weight excluding hydrogens is 298 g/mol. The number of hydrogen-bond donors (Lipinski definition) is 2. The molecule has 4 nitrogen and oxygen atoms in total. The van der Waals surface area contributed by atoms with Gasteiger partial charge in [-0.15, -0.1) is 11.8 Å². The zero-order valence-electron chi connectivity index (χ0n) is 12.2. The van der Waals surface area contributed by atoms with Crippen molar-refractivity contribution in [2.75, 3.05) is 11.6 Å². The van der Waals surface area contributed by atoms with E-state index >= 15 is 0 Å². The van der Waals surface area contributed by atoms with Crippen LogP contribution in [0.3, 0.4) is 0 Å². The number of nitrogens with one attached hydrogen (secondary N) is 1. The van der Waals surface area contributed by atoms with Gasteiger partial charge in [0.25, 0.3) is 5.91 Å². The Labute approximate surface area is 132 Å². The summed E-state index contributed by atoms with van der Waals surface area (Å²) >= 11 is 1.54. The van der Waals surface area contributed by atoms with Gasteiger partial charge in [-0.2, -0.15) is 0 Å². The molecule has 0 aliphatic rings. The molecule has 1 amide bonds. The van der Waals surface area contributed by atoms with Gasteiger partial charge < -0.3 is 14.8 Å². The van der Waals surface area contributed by atoms with Gasteiger partial charge in [-0.1, -0.05) is 18.2 Å². The van der Waals surface area contributed by atoms with Crippen molar-refractivity contribution in [3.05, 3.63) is 53.8 Å². The molecule has 0 saturated heterocycles. The largest absolute Gasteiger partial charge is 0.506 e. The maximum Gasteiger partial charge on any atom is 0.291 e. The van der Waals surface area contributed by atoms with E-state index in [1.165, 1.54) is 11.8 Å². The lowest BCUT2D eigenvalue weighted by Gasteiger charge is -2.08. The number of carbonyl (C=O) groups is 1. The summed E-state index contributed by atoms with van der Waals surface area (Å²) in [5.74, 6) is -0.0858. The summed E-state index contributed by atoms with van der Waals surface area (Å²) in [7, 11) is 0. The monoisotopic (exact) mass is 313 g/mol. The van der Waals surface area contributed by atoms with Gasteiger partial charge in [-0.05, 0) is 37.4 Å². The first-order chi connectivity index (χ1) is 10.6. The number of anilines is 1. The highest BCUT2D eigenvalue weighted by Gasteiger charge is 2.18. The molecule has 1 heterocycles. The van der Waals surface area contributed by atoms with Crippen molar-refractivity contribution in [2.45, 2.75) is 11.8 Å². The lowest BCUT2D eigenvalue weighted by molar-refractivity contribution is 0.0997. The molecule has 112 valence electrons.